The fourth-order valence-corrected chi connectivity index (χ4v) is 7.45. The Labute approximate surface area is 236 Å². The van der Waals surface area contributed by atoms with E-state index in [1.165, 1.54) is 46.9 Å². The van der Waals surface area contributed by atoms with Crippen molar-refractivity contribution in [3.05, 3.63) is 83.7 Å². The summed E-state index contributed by atoms with van der Waals surface area (Å²) in [5.74, 6) is 0.324. The van der Waals surface area contributed by atoms with Crippen LogP contribution in [0.1, 0.15) is 36.2 Å². The van der Waals surface area contributed by atoms with Gasteiger partial charge in [-0.1, -0.05) is 25.2 Å². The number of methoxy groups -OCH3 is 1. The number of fused-ring (bicyclic) bond motifs is 1. The number of nitrogens with zero attached hydrogens (tertiary/aromatic N) is 4. The summed E-state index contributed by atoms with van der Waals surface area (Å²) in [5, 5.41) is 5.82. The molecule has 2 atom stereocenters. The van der Waals surface area contributed by atoms with E-state index < -0.39 is 21.7 Å². The molecule has 0 spiro atoms. The topological polar surface area (TPSA) is 92.2 Å². The molecule has 8 nitrogen and oxygen atoms in total. The van der Waals surface area contributed by atoms with Crippen molar-refractivity contribution in [2.45, 2.75) is 25.2 Å². The van der Waals surface area contributed by atoms with Crippen LogP contribution in [0.15, 0.2) is 76.7 Å². The van der Waals surface area contributed by atoms with E-state index >= 15 is 0 Å². The highest BCUT2D eigenvalue weighted by atomic mass is 32.2. The maximum absolute atomic E-state index is 13.8. The second kappa shape index (κ2) is 11.4. The average Bonchev–Trinajstić information content (AvgIpc) is 3.35. The number of thiazole rings is 1. The van der Waals surface area contributed by atoms with Gasteiger partial charge in [-0.15, -0.1) is 0 Å². The lowest BCUT2D eigenvalue weighted by atomic mass is 9.94. The van der Waals surface area contributed by atoms with E-state index in [2.05, 4.69) is 23.9 Å². The number of carbonyl (C=O) groups excluding carboxylic acids is 1. The van der Waals surface area contributed by atoms with Crippen LogP contribution in [0.4, 0.5) is 9.52 Å². The second-order valence-electron chi connectivity index (χ2n) is 10.0. The molecular weight excluding hydrogens is 551 g/mol. The Balaban J connectivity index is 1.46. The molecule has 0 aliphatic carbocycles. The van der Waals surface area contributed by atoms with Crippen molar-refractivity contribution in [2.75, 3.05) is 25.2 Å². The molecule has 11 heteroatoms. The van der Waals surface area contributed by atoms with Gasteiger partial charge in [0.1, 0.15) is 11.6 Å². The third-order valence-electron chi connectivity index (χ3n) is 6.73. The van der Waals surface area contributed by atoms with Crippen LogP contribution < -0.4 is 9.75 Å². The Morgan fingerprint density at radius 3 is 2.40 bits per heavy atom. The van der Waals surface area contributed by atoms with Gasteiger partial charge in [0.2, 0.25) is 15.2 Å². The maximum Gasteiger partial charge on any atom is 0.280 e. The number of hydrogen-bond donors (Lipinski definition) is 0. The van der Waals surface area contributed by atoms with Crippen LogP contribution in [0.2, 0.25) is 0 Å². The van der Waals surface area contributed by atoms with E-state index in [-0.39, 0.29) is 27.4 Å². The molecule has 3 aromatic carbocycles. The van der Waals surface area contributed by atoms with E-state index in [9.17, 15) is 17.6 Å². The van der Waals surface area contributed by atoms with Gasteiger partial charge in [-0.3, -0.25) is 4.79 Å². The first-order valence-electron chi connectivity index (χ1n) is 12.8. The molecular formula is C29H29FN4O4S2. The van der Waals surface area contributed by atoms with Crippen molar-refractivity contribution >= 4 is 48.8 Å². The lowest BCUT2D eigenvalue weighted by molar-refractivity contribution is 0.0987. The average molecular weight is 581 g/mol. The highest BCUT2D eigenvalue weighted by molar-refractivity contribution is 7.89. The standard InChI is InChI=1S/C29H29FN4O4S2/c1-19-14-20(2)18-33(17-19)40(36,37)25-11-6-22(7-12-25)28(35)34(31-16-21-4-9-24(38-3)10-5-21)29-32-26-13-8-23(30)15-27(26)39-29/h4-13,15-16,19-20H,14,17-18H2,1-3H3/b31-16+. The number of anilines is 1. The SMILES string of the molecule is COc1ccc(/C=N/N(C(=O)c2ccc(S(=O)(=O)N3CC(C)CC(C)C3)cc2)c2nc3ccc(F)cc3s2)cc1. The summed E-state index contributed by atoms with van der Waals surface area (Å²) in [5.41, 5.74) is 1.49. The molecule has 1 aliphatic rings. The summed E-state index contributed by atoms with van der Waals surface area (Å²) in [6.45, 7) is 5.05. The van der Waals surface area contributed by atoms with Crippen molar-refractivity contribution in [2.24, 2.45) is 16.9 Å². The molecule has 1 amide bonds. The van der Waals surface area contributed by atoms with Crippen molar-refractivity contribution < 1.29 is 22.3 Å². The molecule has 0 radical (unpaired) electrons. The number of hydrogen-bond acceptors (Lipinski definition) is 7. The lowest BCUT2D eigenvalue weighted by Gasteiger charge is -2.34. The van der Waals surface area contributed by atoms with Crippen LogP contribution in [-0.4, -0.2) is 50.0 Å². The summed E-state index contributed by atoms with van der Waals surface area (Å²) in [4.78, 5) is 18.3. The Bertz CT molecular complexity index is 1640. The van der Waals surface area contributed by atoms with Crippen molar-refractivity contribution in [1.29, 1.82) is 0 Å². The van der Waals surface area contributed by atoms with Crippen molar-refractivity contribution in [3.63, 3.8) is 0 Å². The Morgan fingerprint density at radius 1 is 1.07 bits per heavy atom. The van der Waals surface area contributed by atoms with Gasteiger partial charge in [0.05, 0.1) is 28.4 Å². The molecule has 4 aromatic rings. The molecule has 40 heavy (non-hydrogen) atoms. The number of ether oxygens (including phenoxy) is 1. The Morgan fingerprint density at radius 2 is 1.75 bits per heavy atom. The van der Waals surface area contributed by atoms with Crippen LogP contribution in [0, 0.1) is 17.7 Å². The zero-order valence-electron chi connectivity index (χ0n) is 22.3. The molecule has 208 valence electrons. The number of aromatic nitrogens is 1. The number of carbonyl (C=O) groups is 1. The molecule has 0 saturated carbocycles. The van der Waals surface area contributed by atoms with Gasteiger partial charge in [0, 0.05) is 18.7 Å². The Kier molecular flexibility index (Phi) is 7.97. The molecule has 0 bridgehead atoms. The number of hydrazone groups is 1. The molecule has 2 unspecified atom stereocenters. The van der Waals surface area contributed by atoms with Gasteiger partial charge in [-0.05, 0) is 90.6 Å². The van der Waals surface area contributed by atoms with Crippen molar-refractivity contribution in [1.82, 2.24) is 9.29 Å². The monoisotopic (exact) mass is 580 g/mol. The summed E-state index contributed by atoms with van der Waals surface area (Å²) >= 11 is 1.13. The van der Waals surface area contributed by atoms with E-state index in [0.29, 0.717) is 29.1 Å². The first-order chi connectivity index (χ1) is 19.1. The van der Waals surface area contributed by atoms with E-state index in [1.807, 2.05) is 0 Å². The van der Waals surface area contributed by atoms with E-state index in [1.54, 1.807) is 37.4 Å². The van der Waals surface area contributed by atoms with E-state index in [0.717, 1.165) is 28.3 Å². The molecule has 1 aromatic heterocycles. The zero-order chi connectivity index (χ0) is 28.4. The van der Waals surface area contributed by atoms with Gasteiger partial charge >= 0.3 is 0 Å². The zero-order valence-corrected chi connectivity index (χ0v) is 24.0. The molecule has 1 saturated heterocycles. The quantitative estimate of drug-likeness (QED) is 0.204. The van der Waals surface area contributed by atoms with Crippen molar-refractivity contribution in [3.8, 4) is 5.75 Å². The van der Waals surface area contributed by atoms with Gasteiger partial charge in [-0.25, -0.2) is 17.8 Å². The number of halogens is 1. The number of amides is 1. The van der Waals surface area contributed by atoms with E-state index in [4.69, 9.17) is 4.74 Å². The summed E-state index contributed by atoms with van der Waals surface area (Å²) in [6, 6.07) is 17.2. The van der Waals surface area contributed by atoms with Gasteiger partial charge in [0.15, 0.2) is 0 Å². The minimum absolute atomic E-state index is 0.133. The first-order valence-corrected chi connectivity index (χ1v) is 15.1. The smallest absolute Gasteiger partial charge is 0.280 e. The molecule has 5 rings (SSSR count). The lowest BCUT2D eigenvalue weighted by Crippen LogP contribution is -2.42. The van der Waals surface area contributed by atoms with Gasteiger partial charge in [0.25, 0.3) is 5.91 Å². The number of sulfonamides is 1. The largest absolute Gasteiger partial charge is 0.497 e. The second-order valence-corrected chi connectivity index (χ2v) is 13.0. The molecule has 1 fully saturated rings. The predicted molar refractivity (Wildman–Crippen MR) is 155 cm³/mol. The number of benzene rings is 3. The summed E-state index contributed by atoms with van der Waals surface area (Å²) in [7, 11) is -2.12. The highest BCUT2D eigenvalue weighted by Gasteiger charge is 2.32. The molecule has 0 N–H and O–H groups in total. The van der Waals surface area contributed by atoms with Crippen LogP contribution in [0.5, 0.6) is 5.75 Å². The van der Waals surface area contributed by atoms with Crippen LogP contribution in [0.25, 0.3) is 10.2 Å². The number of rotatable bonds is 7. The van der Waals surface area contributed by atoms with Crippen LogP contribution in [0.3, 0.4) is 0 Å². The maximum atomic E-state index is 13.8. The van der Waals surface area contributed by atoms with Crippen LogP contribution >= 0.6 is 11.3 Å². The third kappa shape index (κ3) is 5.91. The first kappa shape index (κ1) is 27.9. The predicted octanol–water partition coefficient (Wildman–Crippen LogP) is 5.79. The minimum Gasteiger partial charge on any atom is -0.497 e. The van der Waals surface area contributed by atoms with Gasteiger partial charge in [-0.2, -0.15) is 14.4 Å². The number of piperidine rings is 1. The Hall–Kier alpha value is -3.67. The summed E-state index contributed by atoms with van der Waals surface area (Å²) < 4.78 is 47.7. The molecule has 2 heterocycles. The summed E-state index contributed by atoms with van der Waals surface area (Å²) in [6.07, 6.45) is 2.51. The highest BCUT2D eigenvalue weighted by Crippen LogP contribution is 2.31. The normalized spacial score (nSPS) is 18.3. The fraction of sp³-hybridized carbons (Fsp3) is 0.276. The fourth-order valence-electron chi connectivity index (χ4n) is 4.82. The minimum atomic E-state index is -3.69. The molecule has 1 aliphatic heterocycles. The van der Waals surface area contributed by atoms with Crippen LogP contribution in [-0.2, 0) is 10.0 Å². The van der Waals surface area contributed by atoms with Gasteiger partial charge < -0.3 is 4.74 Å². The third-order valence-corrected chi connectivity index (χ3v) is 9.56.